The molecule has 0 bridgehead atoms. The van der Waals surface area contributed by atoms with Crippen LogP contribution in [-0.2, 0) is 11.3 Å². The van der Waals surface area contributed by atoms with Crippen molar-refractivity contribution < 1.29 is 4.74 Å². The van der Waals surface area contributed by atoms with Crippen molar-refractivity contribution in [2.75, 3.05) is 38.6 Å². The van der Waals surface area contributed by atoms with Crippen LogP contribution in [0.1, 0.15) is 20.3 Å². The lowest BCUT2D eigenvalue weighted by molar-refractivity contribution is 0.114. The Morgan fingerprint density at radius 2 is 2.11 bits per heavy atom. The Kier molecular flexibility index (Phi) is 7.22. The quantitative estimate of drug-likeness (QED) is 0.683. The normalized spacial score (nSPS) is 11.1. The zero-order chi connectivity index (χ0) is 14.1. The minimum atomic E-state index is 0.00608. The molecule has 0 aliphatic rings. The van der Waals surface area contributed by atoms with Gasteiger partial charge in [-0.05, 0) is 32.5 Å². The molecule has 1 rings (SSSR count). The molecule has 5 nitrogen and oxygen atoms in total. The minimum absolute atomic E-state index is 0.00608. The Labute approximate surface area is 115 Å². The molecule has 0 saturated heterocycles. The standard InChI is InChI=1S/C14H25N3O2/c1-3-16(10-11-19-4-2)8-5-9-17-12-13(15)6-7-14(17)18/h6-7,12H,3-5,8-11,15H2,1-2H3. The number of nitrogens with zero attached hydrogens (tertiary/aromatic N) is 2. The van der Waals surface area contributed by atoms with E-state index in [9.17, 15) is 4.79 Å². The molecule has 0 fully saturated rings. The van der Waals surface area contributed by atoms with Crippen LogP contribution in [0.25, 0.3) is 0 Å². The maximum absolute atomic E-state index is 11.6. The lowest BCUT2D eigenvalue weighted by Crippen LogP contribution is -2.30. The third-order valence-corrected chi connectivity index (χ3v) is 3.08. The first-order chi connectivity index (χ1) is 9.17. The highest BCUT2D eigenvalue weighted by molar-refractivity contribution is 5.33. The molecule has 0 atom stereocenters. The van der Waals surface area contributed by atoms with Gasteiger partial charge in [0.25, 0.3) is 5.56 Å². The van der Waals surface area contributed by atoms with E-state index in [2.05, 4.69) is 11.8 Å². The molecule has 0 amide bonds. The van der Waals surface area contributed by atoms with Crippen LogP contribution < -0.4 is 11.3 Å². The van der Waals surface area contributed by atoms with Crippen molar-refractivity contribution in [3.63, 3.8) is 0 Å². The Balaban J connectivity index is 2.35. The fourth-order valence-electron chi connectivity index (χ4n) is 1.96. The first-order valence-corrected chi connectivity index (χ1v) is 6.93. The van der Waals surface area contributed by atoms with Crippen LogP contribution in [-0.4, -0.2) is 42.3 Å². The molecule has 19 heavy (non-hydrogen) atoms. The summed E-state index contributed by atoms with van der Waals surface area (Å²) in [6, 6.07) is 3.15. The van der Waals surface area contributed by atoms with Gasteiger partial charge in [0.15, 0.2) is 0 Å². The number of ether oxygens (including phenoxy) is 1. The molecule has 1 heterocycles. The topological polar surface area (TPSA) is 60.5 Å². The third kappa shape index (κ3) is 5.89. The first kappa shape index (κ1) is 15.7. The summed E-state index contributed by atoms with van der Waals surface area (Å²) in [6.07, 6.45) is 2.64. The van der Waals surface area contributed by atoms with Crippen LogP contribution >= 0.6 is 0 Å². The number of nitrogens with two attached hydrogens (primary N) is 1. The minimum Gasteiger partial charge on any atom is -0.398 e. The number of rotatable bonds is 9. The lowest BCUT2D eigenvalue weighted by atomic mass is 10.3. The van der Waals surface area contributed by atoms with Gasteiger partial charge in [-0.15, -0.1) is 0 Å². The number of likely N-dealkylation sites (N-methyl/N-ethyl adjacent to an activating group) is 1. The summed E-state index contributed by atoms with van der Waals surface area (Å²) in [5, 5.41) is 0. The van der Waals surface area contributed by atoms with Gasteiger partial charge in [-0.1, -0.05) is 6.92 Å². The molecular weight excluding hydrogens is 242 g/mol. The van der Waals surface area contributed by atoms with Gasteiger partial charge < -0.3 is 19.9 Å². The Hall–Kier alpha value is -1.33. The summed E-state index contributed by atoms with van der Waals surface area (Å²) in [4.78, 5) is 13.9. The molecular formula is C14H25N3O2. The molecule has 5 heteroatoms. The van der Waals surface area contributed by atoms with Crippen molar-refractivity contribution in [2.24, 2.45) is 0 Å². The van der Waals surface area contributed by atoms with E-state index in [1.165, 1.54) is 6.07 Å². The number of hydrogen-bond donors (Lipinski definition) is 1. The predicted octanol–water partition coefficient (Wildman–Crippen LogP) is 1.18. The number of aromatic nitrogens is 1. The van der Waals surface area contributed by atoms with Gasteiger partial charge in [0.1, 0.15) is 0 Å². The lowest BCUT2D eigenvalue weighted by Gasteiger charge is -2.20. The number of aryl methyl sites for hydroxylation is 1. The molecule has 0 aliphatic heterocycles. The van der Waals surface area contributed by atoms with Gasteiger partial charge in [-0.2, -0.15) is 0 Å². The van der Waals surface area contributed by atoms with E-state index in [1.807, 2.05) is 6.92 Å². The van der Waals surface area contributed by atoms with E-state index >= 15 is 0 Å². The predicted molar refractivity (Wildman–Crippen MR) is 78.3 cm³/mol. The van der Waals surface area contributed by atoms with Crippen molar-refractivity contribution in [1.29, 1.82) is 0 Å². The molecule has 1 aromatic heterocycles. The average molecular weight is 267 g/mol. The summed E-state index contributed by atoms with van der Waals surface area (Å²) >= 11 is 0. The highest BCUT2D eigenvalue weighted by atomic mass is 16.5. The Bertz CT molecular complexity index is 417. The van der Waals surface area contributed by atoms with Crippen molar-refractivity contribution >= 4 is 5.69 Å². The fourth-order valence-corrected chi connectivity index (χ4v) is 1.96. The average Bonchev–Trinajstić information content (AvgIpc) is 2.41. The monoisotopic (exact) mass is 267 g/mol. The molecule has 2 N–H and O–H groups in total. The fraction of sp³-hybridized carbons (Fsp3) is 0.643. The second kappa shape index (κ2) is 8.72. The van der Waals surface area contributed by atoms with E-state index in [-0.39, 0.29) is 5.56 Å². The van der Waals surface area contributed by atoms with E-state index in [0.29, 0.717) is 12.2 Å². The summed E-state index contributed by atoms with van der Waals surface area (Å²) in [6.45, 7) is 9.27. The molecule has 0 radical (unpaired) electrons. The van der Waals surface area contributed by atoms with Gasteiger partial charge >= 0.3 is 0 Å². The molecule has 0 aromatic carbocycles. The van der Waals surface area contributed by atoms with Crippen molar-refractivity contribution in [2.45, 2.75) is 26.8 Å². The molecule has 0 unspecified atom stereocenters. The summed E-state index contributed by atoms with van der Waals surface area (Å²) < 4.78 is 7.02. The van der Waals surface area contributed by atoms with Crippen molar-refractivity contribution in [3.8, 4) is 0 Å². The molecule has 108 valence electrons. The highest BCUT2D eigenvalue weighted by Gasteiger charge is 2.03. The number of hydrogen-bond acceptors (Lipinski definition) is 4. The van der Waals surface area contributed by atoms with Crippen LogP contribution in [0.5, 0.6) is 0 Å². The van der Waals surface area contributed by atoms with Gasteiger partial charge in [-0.3, -0.25) is 4.79 Å². The van der Waals surface area contributed by atoms with Crippen LogP contribution in [0, 0.1) is 0 Å². The maximum Gasteiger partial charge on any atom is 0.250 e. The van der Waals surface area contributed by atoms with Crippen LogP contribution in [0.4, 0.5) is 5.69 Å². The first-order valence-electron chi connectivity index (χ1n) is 6.93. The smallest absolute Gasteiger partial charge is 0.250 e. The molecule has 0 spiro atoms. The summed E-state index contributed by atoms with van der Waals surface area (Å²) in [5.74, 6) is 0. The van der Waals surface area contributed by atoms with Gasteiger partial charge in [0.2, 0.25) is 0 Å². The molecule has 0 aliphatic carbocycles. The Morgan fingerprint density at radius 1 is 1.32 bits per heavy atom. The number of nitrogen functional groups attached to an aromatic ring is 1. The second-order valence-electron chi connectivity index (χ2n) is 4.48. The zero-order valence-corrected chi connectivity index (χ0v) is 12.0. The SMILES string of the molecule is CCOCCN(CC)CCCn1cc(N)ccc1=O. The molecule has 1 aromatic rings. The van der Waals surface area contributed by atoms with Crippen LogP contribution in [0.3, 0.4) is 0 Å². The van der Waals surface area contributed by atoms with Gasteiger partial charge in [-0.25, -0.2) is 0 Å². The van der Waals surface area contributed by atoms with Crippen molar-refractivity contribution in [1.82, 2.24) is 9.47 Å². The summed E-state index contributed by atoms with van der Waals surface area (Å²) in [5.41, 5.74) is 6.31. The van der Waals surface area contributed by atoms with E-state index < -0.39 is 0 Å². The maximum atomic E-state index is 11.6. The van der Waals surface area contributed by atoms with E-state index in [4.69, 9.17) is 10.5 Å². The Morgan fingerprint density at radius 3 is 2.79 bits per heavy atom. The van der Waals surface area contributed by atoms with Gasteiger partial charge in [0, 0.05) is 37.6 Å². The number of pyridine rings is 1. The highest BCUT2D eigenvalue weighted by Crippen LogP contribution is 1.98. The van der Waals surface area contributed by atoms with Crippen LogP contribution in [0.2, 0.25) is 0 Å². The van der Waals surface area contributed by atoms with Crippen molar-refractivity contribution in [3.05, 3.63) is 28.7 Å². The third-order valence-electron chi connectivity index (χ3n) is 3.08. The zero-order valence-electron chi connectivity index (χ0n) is 12.0. The van der Waals surface area contributed by atoms with Crippen LogP contribution in [0.15, 0.2) is 23.1 Å². The number of anilines is 1. The summed E-state index contributed by atoms with van der Waals surface area (Å²) in [7, 11) is 0. The second-order valence-corrected chi connectivity index (χ2v) is 4.48. The van der Waals surface area contributed by atoms with Gasteiger partial charge in [0.05, 0.1) is 6.61 Å². The van der Waals surface area contributed by atoms with E-state index in [0.717, 1.165) is 39.3 Å². The van der Waals surface area contributed by atoms with E-state index in [1.54, 1.807) is 16.8 Å². The molecule has 0 saturated carbocycles. The largest absolute Gasteiger partial charge is 0.398 e.